The van der Waals surface area contributed by atoms with E-state index in [1.54, 1.807) is 30.1 Å². The molecular formula is C14H17ClN2O. The molecule has 0 radical (unpaired) electrons. The summed E-state index contributed by atoms with van der Waals surface area (Å²) >= 11 is 6.08. The van der Waals surface area contributed by atoms with Gasteiger partial charge in [0, 0.05) is 24.7 Å². The molecular weight excluding hydrogens is 248 g/mol. The van der Waals surface area contributed by atoms with E-state index in [4.69, 9.17) is 17.3 Å². The van der Waals surface area contributed by atoms with Crippen molar-refractivity contribution in [2.75, 3.05) is 20.1 Å². The highest BCUT2D eigenvalue weighted by Gasteiger charge is 2.12. The van der Waals surface area contributed by atoms with Crippen LogP contribution in [0.1, 0.15) is 29.3 Å². The first-order chi connectivity index (χ1) is 8.60. The van der Waals surface area contributed by atoms with Crippen molar-refractivity contribution in [3.8, 4) is 11.8 Å². The highest BCUT2D eigenvalue weighted by molar-refractivity contribution is 6.32. The van der Waals surface area contributed by atoms with Crippen LogP contribution in [0.4, 0.5) is 0 Å². The van der Waals surface area contributed by atoms with Crippen molar-refractivity contribution < 1.29 is 4.79 Å². The summed E-state index contributed by atoms with van der Waals surface area (Å²) in [5.41, 5.74) is 6.57. The number of halogens is 1. The second-order valence-corrected chi connectivity index (χ2v) is 4.33. The van der Waals surface area contributed by atoms with Gasteiger partial charge in [0.15, 0.2) is 0 Å². The number of nitrogens with two attached hydrogens (primary N) is 1. The van der Waals surface area contributed by atoms with E-state index in [-0.39, 0.29) is 12.5 Å². The van der Waals surface area contributed by atoms with Crippen LogP contribution < -0.4 is 5.73 Å². The lowest BCUT2D eigenvalue weighted by Crippen LogP contribution is -2.27. The Morgan fingerprint density at radius 1 is 1.50 bits per heavy atom. The smallest absolute Gasteiger partial charge is 0.253 e. The van der Waals surface area contributed by atoms with Crippen molar-refractivity contribution in [3.63, 3.8) is 0 Å². The Morgan fingerprint density at radius 3 is 2.78 bits per heavy atom. The maximum Gasteiger partial charge on any atom is 0.253 e. The van der Waals surface area contributed by atoms with Crippen LogP contribution >= 0.6 is 11.6 Å². The van der Waals surface area contributed by atoms with Gasteiger partial charge in [-0.25, -0.2) is 0 Å². The minimum Gasteiger partial charge on any atom is -0.342 e. The molecule has 96 valence electrons. The number of benzene rings is 1. The average molecular weight is 265 g/mol. The van der Waals surface area contributed by atoms with Crippen molar-refractivity contribution >= 4 is 17.5 Å². The Hall–Kier alpha value is -1.50. The Bertz CT molecular complexity index is 488. The number of amides is 1. The van der Waals surface area contributed by atoms with Gasteiger partial charge in [0.05, 0.1) is 11.6 Å². The van der Waals surface area contributed by atoms with Crippen LogP contribution in [0.3, 0.4) is 0 Å². The van der Waals surface area contributed by atoms with E-state index in [9.17, 15) is 4.79 Å². The summed E-state index contributed by atoms with van der Waals surface area (Å²) in [7, 11) is 1.78. The summed E-state index contributed by atoms with van der Waals surface area (Å²) in [6.07, 6.45) is 0.927. The Balaban J connectivity index is 2.93. The molecule has 0 atom stereocenters. The van der Waals surface area contributed by atoms with E-state index >= 15 is 0 Å². The fraction of sp³-hybridized carbons (Fsp3) is 0.357. The van der Waals surface area contributed by atoms with Crippen LogP contribution in [0.15, 0.2) is 18.2 Å². The van der Waals surface area contributed by atoms with Gasteiger partial charge in [0.25, 0.3) is 5.91 Å². The van der Waals surface area contributed by atoms with Gasteiger partial charge in [-0.05, 0) is 24.6 Å². The molecule has 3 nitrogen and oxygen atoms in total. The van der Waals surface area contributed by atoms with E-state index in [0.29, 0.717) is 16.1 Å². The average Bonchev–Trinajstić information content (AvgIpc) is 2.36. The zero-order valence-corrected chi connectivity index (χ0v) is 11.4. The summed E-state index contributed by atoms with van der Waals surface area (Å²) in [6, 6.07) is 5.13. The summed E-state index contributed by atoms with van der Waals surface area (Å²) in [5, 5.41) is 0.478. The molecule has 0 heterocycles. The molecule has 1 aromatic rings. The molecule has 0 aliphatic carbocycles. The molecule has 2 N–H and O–H groups in total. The fourth-order valence-corrected chi connectivity index (χ4v) is 1.78. The number of hydrogen-bond acceptors (Lipinski definition) is 2. The Labute approximate surface area is 113 Å². The molecule has 0 saturated heterocycles. The summed E-state index contributed by atoms with van der Waals surface area (Å²) in [5.74, 6) is 5.57. The highest BCUT2D eigenvalue weighted by Crippen LogP contribution is 2.18. The Kier molecular flexibility index (Phi) is 5.70. The molecule has 0 spiro atoms. The number of carbonyl (C=O) groups excluding carboxylic acids is 1. The molecule has 1 amide bonds. The molecule has 0 aromatic heterocycles. The minimum absolute atomic E-state index is 0.0305. The number of carbonyl (C=O) groups is 1. The predicted octanol–water partition coefficient (Wildman–Crippen LogP) is 2.13. The first-order valence-corrected chi connectivity index (χ1v) is 6.22. The van der Waals surface area contributed by atoms with Crippen molar-refractivity contribution in [3.05, 3.63) is 34.3 Å². The number of rotatable bonds is 3. The lowest BCUT2D eigenvalue weighted by Gasteiger charge is -2.16. The first kappa shape index (κ1) is 14.6. The third kappa shape index (κ3) is 3.76. The molecule has 0 aliphatic rings. The van der Waals surface area contributed by atoms with Crippen molar-refractivity contribution in [1.82, 2.24) is 4.90 Å². The summed E-state index contributed by atoms with van der Waals surface area (Å²) in [4.78, 5) is 13.7. The van der Waals surface area contributed by atoms with Gasteiger partial charge in [-0.1, -0.05) is 30.4 Å². The first-order valence-electron chi connectivity index (χ1n) is 5.84. The number of nitrogens with zero attached hydrogens (tertiary/aromatic N) is 1. The predicted molar refractivity (Wildman–Crippen MR) is 74.6 cm³/mol. The molecule has 1 rings (SSSR count). The van der Waals surface area contributed by atoms with Crippen LogP contribution in [0.25, 0.3) is 0 Å². The maximum atomic E-state index is 12.0. The van der Waals surface area contributed by atoms with Crippen LogP contribution in [0.2, 0.25) is 5.02 Å². The van der Waals surface area contributed by atoms with Crippen LogP contribution in [0, 0.1) is 11.8 Å². The standard InChI is InChI=1S/C14H17ClN2O/c1-3-9-17(2)14(18)12-7-6-11(5-4-8-16)13(15)10-12/h6-7,10H,3,8-9,16H2,1-2H3. The van der Waals surface area contributed by atoms with Gasteiger partial charge < -0.3 is 10.6 Å². The van der Waals surface area contributed by atoms with Gasteiger partial charge in [0.1, 0.15) is 0 Å². The quantitative estimate of drug-likeness (QED) is 0.850. The van der Waals surface area contributed by atoms with E-state index in [1.807, 2.05) is 6.92 Å². The summed E-state index contributed by atoms with van der Waals surface area (Å²) < 4.78 is 0. The van der Waals surface area contributed by atoms with Gasteiger partial charge in [-0.15, -0.1) is 0 Å². The molecule has 4 heteroatoms. The second-order valence-electron chi connectivity index (χ2n) is 3.93. The zero-order chi connectivity index (χ0) is 13.5. The second kappa shape index (κ2) is 7.05. The number of hydrogen-bond donors (Lipinski definition) is 1. The largest absolute Gasteiger partial charge is 0.342 e. The van der Waals surface area contributed by atoms with Gasteiger partial charge in [-0.2, -0.15) is 0 Å². The molecule has 1 aromatic carbocycles. The van der Waals surface area contributed by atoms with Crippen molar-refractivity contribution in [2.45, 2.75) is 13.3 Å². The Morgan fingerprint density at radius 2 is 2.22 bits per heavy atom. The molecule has 0 aliphatic heterocycles. The van der Waals surface area contributed by atoms with Gasteiger partial charge in [-0.3, -0.25) is 4.79 Å². The van der Waals surface area contributed by atoms with E-state index in [2.05, 4.69) is 11.8 Å². The normalized spacial score (nSPS) is 9.56. The highest BCUT2D eigenvalue weighted by atomic mass is 35.5. The van der Waals surface area contributed by atoms with E-state index in [1.165, 1.54) is 0 Å². The topological polar surface area (TPSA) is 46.3 Å². The lowest BCUT2D eigenvalue weighted by atomic mass is 10.1. The molecule has 0 saturated carbocycles. The zero-order valence-electron chi connectivity index (χ0n) is 10.7. The lowest BCUT2D eigenvalue weighted by molar-refractivity contribution is 0.0795. The van der Waals surface area contributed by atoms with Crippen LogP contribution in [-0.4, -0.2) is 30.9 Å². The van der Waals surface area contributed by atoms with Crippen molar-refractivity contribution in [1.29, 1.82) is 0 Å². The van der Waals surface area contributed by atoms with E-state index < -0.39 is 0 Å². The monoisotopic (exact) mass is 264 g/mol. The minimum atomic E-state index is -0.0305. The third-order valence-electron chi connectivity index (χ3n) is 2.45. The van der Waals surface area contributed by atoms with Crippen molar-refractivity contribution in [2.24, 2.45) is 5.73 Å². The molecule has 18 heavy (non-hydrogen) atoms. The molecule has 0 fully saturated rings. The van der Waals surface area contributed by atoms with Gasteiger partial charge >= 0.3 is 0 Å². The van der Waals surface area contributed by atoms with Gasteiger partial charge in [0.2, 0.25) is 0 Å². The molecule has 0 bridgehead atoms. The maximum absolute atomic E-state index is 12.0. The van der Waals surface area contributed by atoms with E-state index in [0.717, 1.165) is 13.0 Å². The fourth-order valence-electron chi connectivity index (χ4n) is 1.55. The summed E-state index contributed by atoms with van der Waals surface area (Å²) in [6.45, 7) is 3.05. The van der Waals surface area contributed by atoms with Crippen LogP contribution in [-0.2, 0) is 0 Å². The third-order valence-corrected chi connectivity index (χ3v) is 2.76. The van der Waals surface area contributed by atoms with Crippen LogP contribution in [0.5, 0.6) is 0 Å². The SMILES string of the molecule is CCCN(C)C(=O)c1ccc(C#CCN)c(Cl)c1. The molecule has 0 unspecified atom stereocenters.